The Morgan fingerprint density at radius 3 is 2.60 bits per heavy atom. The summed E-state index contributed by atoms with van der Waals surface area (Å²) < 4.78 is 26.4. The van der Waals surface area contributed by atoms with Crippen LogP contribution < -0.4 is 5.32 Å². The van der Waals surface area contributed by atoms with E-state index in [4.69, 9.17) is 20.8 Å². The van der Waals surface area contributed by atoms with E-state index in [0.717, 1.165) is 25.5 Å². The van der Waals surface area contributed by atoms with Crippen molar-refractivity contribution >= 4 is 25.7 Å². The highest BCUT2D eigenvalue weighted by atomic mass is 35.5. The lowest BCUT2D eigenvalue weighted by atomic mass is 9.90. The average Bonchev–Trinajstić information content (AvgIpc) is 2.51. The number of aromatic nitrogens is 2. The average molecular weight is 390 g/mol. The molecule has 8 heteroatoms. The topological polar surface area (TPSA) is 56.3 Å². The second kappa shape index (κ2) is 7.86. The maximum atomic E-state index is 14.0. The first-order valence-corrected chi connectivity index (χ1v) is 12.0. The van der Waals surface area contributed by atoms with Gasteiger partial charge in [-0.15, -0.1) is 0 Å². The van der Waals surface area contributed by atoms with Crippen LogP contribution in [0.1, 0.15) is 40.0 Å². The Morgan fingerprint density at radius 2 is 2.00 bits per heavy atom. The van der Waals surface area contributed by atoms with Crippen LogP contribution in [0.3, 0.4) is 0 Å². The summed E-state index contributed by atoms with van der Waals surface area (Å²) in [5, 5.41) is 3.28. The molecule has 3 unspecified atom stereocenters. The van der Waals surface area contributed by atoms with Gasteiger partial charge in [0.25, 0.3) is 0 Å². The van der Waals surface area contributed by atoms with Gasteiger partial charge >= 0.3 is 0 Å². The third kappa shape index (κ3) is 4.90. The molecule has 1 aromatic rings. The molecule has 0 radical (unpaired) electrons. The van der Waals surface area contributed by atoms with Gasteiger partial charge in [0.2, 0.25) is 5.28 Å². The number of hydrogen-bond donors (Lipinski definition) is 1. The molecule has 25 heavy (non-hydrogen) atoms. The summed E-state index contributed by atoms with van der Waals surface area (Å²) >= 11 is 5.82. The molecule has 5 nitrogen and oxygen atoms in total. The number of anilines is 1. The lowest BCUT2D eigenvalue weighted by molar-refractivity contribution is -0.0352. The quantitative estimate of drug-likeness (QED) is 0.587. The SMILES string of the molecule is COC1CCCC(Nc2nc(Cl)ncc2F)C1O[Si](C)(C)C(C)(C)C. The molecule has 1 aromatic heterocycles. The number of nitrogens with zero attached hydrogens (tertiary/aromatic N) is 2. The van der Waals surface area contributed by atoms with Crippen molar-refractivity contribution in [2.24, 2.45) is 0 Å². The van der Waals surface area contributed by atoms with Crippen molar-refractivity contribution in [2.75, 3.05) is 12.4 Å². The maximum absolute atomic E-state index is 14.0. The highest BCUT2D eigenvalue weighted by Gasteiger charge is 2.44. The predicted molar refractivity (Wildman–Crippen MR) is 101 cm³/mol. The molecule has 0 aliphatic heterocycles. The van der Waals surface area contributed by atoms with Gasteiger partial charge in [-0.05, 0) is 49.0 Å². The van der Waals surface area contributed by atoms with Gasteiger partial charge in [0.15, 0.2) is 20.0 Å². The van der Waals surface area contributed by atoms with Gasteiger partial charge < -0.3 is 14.5 Å². The van der Waals surface area contributed by atoms with Crippen molar-refractivity contribution in [3.63, 3.8) is 0 Å². The minimum atomic E-state index is -2.01. The molecule has 0 aromatic carbocycles. The van der Waals surface area contributed by atoms with E-state index in [1.54, 1.807) is 7.11 Å². The monoisotopic (exact) mass is 389 g/mol. The third-order valence-corrected chi connectivity index (χ3v) is 10.00. The summed E-state index contributed by atoms with van der Waals surface area (Å²) in [5.74, 6) is -0.402. The summed E-state index contributed by atoms with van der Waals surface area (Å²) in [6.45, 7) is 11.0. The zero-order valence-corrected chi connectivity index (χ0v) is 17.7. The summed E-state index contributed by atoms with van der Waals surface area (Å²) in [4.78, 5) is 7.65. The van der Waals surface area contributed by atoms with E-state index in [-0.39, 0.29) is 34.4 Å². The second-order valence-corrected chi connectivity index (χ2v) is 13.2. The molecule has 1 aliphatic carbocycles. The van der Waals surface area contributed by atoms with Gasteiger partial charge in [-0.2, -0.15) is 4.98 Å². The van der Waals surface area contributed by atoms with Crippen molar-refractivity contribution in [3.05, 3.63) is 17.3 Å². The van der Waals surface area contributed by atoms with E-state index in [0.29, 0.717) is 0 Å². The van der Waals surface area contributed by atoms with E-state index in [1.165, 1.54) is 0 Å². The number of nitrogens with one attached hydrogen (secondary N) is 1. The van der Waals surface area contributed by atoms with E-state index in [1.807, 2.05) is 0 Å². The number of halogens is 2. The van der Waals surface area contributed by atoms with Crippen LogP contribution in [0.25, 0.3) is 0 Å². The Bertz CT molecular complexity index is 598. The van der Waals surface area contributed by atoms with E-state index in [2.05, 4.69) is 49.1 Å². The Balaban J connectivity index is 2.25. The number of hydrogen-bond acceptors (Lipinski definition) is 5. The zero-order valence-electron chi connectivity index (χ0n) is 15.9. The molecule has 0 saturated heterocycles. The fraction of sp³-hybridized carbons (Fsp3) is 0.765. The molecule has 2 rings (SSSR count). The van der Waals surface area contributed by atoms with Crippen LogP contribution in [0.2, 0.25) is 23.4 Å². The molecule has 1 heterocycles. The van der Waals surface area contributed by atoms with Crippen LogP contribution in [-0.4, -0.2) is 43.6 Å². The molecule has 0 amide bonds. The normalized spacial score (nSPS) is 25.0. The molecular formula is C17H29ClFN3O2Si. The summed E-state index contributed by atoms with van der Waals surface area (Å²) in [6, 6.07) is -0.0895. The molecule has 1 saturated carbocycles. The van der Waals surface area contributed by atoms with E-state index in [9.17, 15) is 4.39 Å². The standard InChI is InChI=1S/C17H29ClFN3O2Si/c1-17(2,3)25(5,6)24-14-12(8-7-9-13(14)23-4)21-15-11(19)10-20-16(18)22-15/h10,12-14H,7-9H2,1-6H3,(H,20,21,22). The Hall–Kier alpha value is -0.763. The second-order valence-electron chi connectivity index (χ2n) is 8.13. The van der Waals surface area contributed by atoms with Crippen LogP contribution >= 0.6 is 11.6 Å². The zero-order chi connectivity index (χ0) is 18.8. The first-order chi connectivity index (χ1) is 11.5. The van der Waals surface area contributed by atoms with Crippen molar-refractivity contribution in [1.29, 1.82) is 0 Å². The molecule has 1 aliphatic rings. The van der Waals surface area contributed by atoms with Gasteiger partial charge in [-0.3, -0.25) is 0 Å². The molecule has 1 fully saturated rings. The van der Waals surface area contributed by atoms with Gasteiger partial charge in [0, 0.05) is 7.11 Å². The van der Waals surface area contributed by atoms with E-state index < -0.39 is 14.1 Å². The molecular weight excluding hydrogens is 361 g/mol. The minimum Gasteiger partial charge on any atom is -0.409 e. The Morgan fingerprint density at radius 1 is 1.32 bits per heavy atom. The first kappa shape index (κ1) is 20.5. The number of methoxy groups -OCH3 is 1. The summed E-state index contributed by atoms with van der Waals surface area (Å²) in [5.41, 5.74) is 0. The van der Waals surface area contributed by atoms with Gasteiger partial charge in [0.05, 0.1) is 24.4 Å². The third-order valence-electron chi connectivity index (χ3n) is 5.34. The largest absolute Gasteiger partial charge is 0.409 e. The molecule has 3 atom stereocenters. The van der Waals surface area contributed by atoms with Crippen molar-refractivity contribution in [3.8, 4) is 0 Å². The molecule has 1 N–H and O–H groups in total. The van der Waals surface area contributed by atoms with Crippen LogP contribution in [0.15, 0.2) is 6.20 Å². The van der Waals surface area contributed by atoms with Crippen LogP contribution in [-0.2, 0) is 9.16 Å². The highest BCUT2D eigenvalue weighted by Crippen LogP contribution is 2.40. The minimum absolute atomic E-state index is 0.0184. The Labute approximate surface area is 155 Å². The van der Waals surface area contributed by atoms with Crippen LogP contribution in [0.5, 0.6) is 0 Å². The molecule has 0 spiro atoms. The number of ether oxygens (including phenoxy) is 1. The van der Waals surface area contributed by atoms with Gasteiger partial charge in [-0.25, -0.2) is 9.37 Å². The van der Waals surface area contributed by atoms with Crippen molar-refractivity contribution in [2.45, 2.75) is 76.4 Å². The lowest BCUT2D eigenvalue weighted by Crippen LogP contribution is -2.55. The van der Waals surface area contributed by atoms with Gasteiger partial charge in [0.1, 0.15) is 0 Å². The molecule has 142 valence electrons. The summed E-state index contributed by atoms with van der Waals surface area (Å²) in [7, 11) is -0.301. The molecule has 0 bridgehead atoms. The smallest absolute Gasteiger partial charge is 0.224 e. The Kier molecular flexibility index (Phi) is 6.46. The number of rotatable bonds is 5. The fourth-order valence-electron chi connectivity index (χ4n) is 2.83. The first-order valence-electron chi connectivity index (χ1n) is 8.70. The highest BCUT2D eigenvalue weighted by molar-refractivity contribution is 6.74. The van der Waals surface area contributed by atoms with Crippen molar-refractivity contribution in [1.82, 2.24) is 9.97 Å². The van der Waals surface area contributed by atoms with E-state index >= 15 is 0 Å². The van der Waals surface area contributed by atoms with Crippen molar-refractivity contribution < 1.29 is 13.6 Å². The van der Waals surface area contributed by atoms with Crippen LogP contribution in [0.4, 0.5) is 10.2 Å². The lowest BCUT2D eigenvalue weighted by Gasteiger charge is -2.45. The summed E-state index contributed by atoms with van der Waals surface area (Å²) in [6.07, 6.45) is 3.67. The maximum Gasteiger partial charge on any atom is 0.224 e. The fourth-order valence-corrected chi connectivity index (χ4v) is 4.31. The van der Waals surface area contributed by atoms with Gasteiger partial charge in [-0.1, -0.05) is 20.8 Å². The van der Waals surface area contributed by atoms with Crippen LogP contribution in [0, 0.1) is 5.82 Å². The predicted octanol–water partition coefficient (Wildman–Crippen LogP) is 4.64.